The zero-order chi connectivity index (χ0) is 17.4. The summed E-state index contributed by atoms with van der Waals surface area (Å²) in [6.07, 6.45) is 0. The van der Waals surface area contributed by atoms with E-state index < -0.39 is 0 Å². The highest BCUT2D eigenvalue weighted by Crippen LogP contribution is 2.32. The first-order valence-electron chi connectivity index (χ1n) is 8.15. The quantitative estimate of drug-likeness (QED) is 0.600. The Morgan fingerprint density at radius 1 is 0.917 bits per heavy atom. The van der Waals surface area contributed by atoms with Gasteiger partial charge in [-0.25, -0.2) is 0 Å². The average Bonchev–Trinajstić information content (AvgIpc) is 2.61. The Bertz CT molecular complexity index is 628. The molecule has 0 aliphatic heterocycles. The molecule has 0 bridgehead atoms. The molecule has 0 aliphatic carbocycles. The van der Waals surface area contributed by atoms with E-state index in [-0.39, 0.29) is 0 Å². The zero-order valence-electron chi connectivity index (χ0n) is 14.1. The van der Waals surface area contributed by atoms with Crippen LogP contribution in [0.1, 0.15) is 19.4 Å². The number of hydrogen-bond acceptors (Lipinski definition) is 3. The first kappa shape index (κ1) is 18.9. The molecule has 0 spiro atoms. The summed E-state index contributed by atoms with van der Waals surface area (Å²) in [6.45, 7) is 8.46. The number of ether oxygens (including phenoxy) is 2. The molecule has 0 unspecified atom stereocenters. The van der Waals surface area contributed by atoms with Crippen molar-refractivity contribution in [2.45, 2.75) is 20.5 Å². The topological polar surface area (TPSA) is 21.7 Å². The van der Waals surface area contributed by atoms with E-state index in [0.29, 0.717) is 29.0 Å². The minimum absolute atomic E-state index is 0.430. The van der Waals surface area contributed by atoms with E-state index in [9.17, 15) is 0 Å². The van der Waals surface area contributed by atoms with Gasteiger partial charge in [-0.15, -0.1) is 0 Å². The Balaban J connectivity index is 1.82. The monoisotopic (exact) mass is 367 g/mol. The van der Waals surface area contributed by atoms with Gasteiger partial charge in [0, 0.05) is 6.54 Å². The minimum Gasteiger partial charge on any atom is -0.492 e. The van der Waals surface area contributed by atoms with Crippen LogP contribution in [0.15, 0.2) is 42.5 Å². The maximum absolute atomic E-state index is 6.11. The molecular weight excluding hydrogens is 345 g/mol. The van der Waals surface area contributed by atoms with Crippen LogP contribution < -0.4 is 9.47 Å². The lowest BCUT2D eigenvalue weighted by Crippen LogP contribution is -2.27. The molecular formula is C19H23Cl2NO2. The number of halogens is 2. The highest BCUT2D eigenvalue weighted by Gasteiger charge is 2.06. The van der Waals surface area contributed by atoms with E-state index in [0.717, 1.165) is 30.9 Å². The maximum atomic E-state index is 6.11. The molecule has 2 aromatic carbocycles. The number of nitrogens with zero attached hydrogens (tertiary/aromatic N) is 1. The van der Waals surface area contributed by atoms with E-state index in [4.69, 9.17) is 32.7 Å². The Hall–Kier alpha value is -1.42. The molecule has 0 aromatic heterocycles. The minimum atomic E-state index is 0.430. The third-order valence-corrected chi connectivity index (χ3v) is 4.61. The van der Waals surface area contributed by atoms with Gasteiger partial charge < -0.3 is 14.4 Å². The summed E-state index contributed by atoms with van der Waals surface area (Å²) in [5.41, 5.74) is 1.04. The molecule has 0 saturated carbocycles. The Morgan fingerprint density at radius 2 is 1.62 bits per heavy atom. The van der Waals surface area contributed by atoms with Crippen LogP contribution in [0.5, 0.6) is 11.5 Å². The second kappa shape index (κ2) is 9.77. The third-order valence-electron chi connectivity index (χ3n) is 3.80. The van der Waals surface area contributed by atoms with Crippen LogP contribution in [-0.2, 0) is 6.61 Å². The summed E-state index contributed by atoms with van der Waals surface area (Å²) in [6, 6.07) is 13.3. The lowest BCUT2D eigenvalue weighted by Gasteiger charge is -2.18. The van der Waals surface area contributed by atoms with E-state index in [1.165, 1.54) is 0 Å². The smallest absolute Gasteiger partial charge is 0.139 e. The molecule has 0 aliphatic rings. The van der Waals surface area contributed by atoms with Gasteiger partial charge in [-0.1, -0.05) is 55.2 Å². The fourth-order valence-electron chi connectivity index (χ4n) is 2.27. The Labute approximate surface area is 154 Å². The highest BCUT2D eigenvalue weighted by atomic mass is 35.5. The molecule has 2 aromatic rings. The normalized spacial score (nSPS) is 10.9. The van der Waals surface area contributed by atoms with Gasteiger partial charge in [-0.05, 0) is 42.9 Å². The van der Waals surface area contributed by atoms with Crippen LogP contribution in [0, 0.1) is 0 Å². The largest absolute Gasteiger partial charge is 0.492 e. The second-order valence-electron chi connectivity index (χ2n) is 5.36. The van der Waals surface area contributed by atoms with Gasteiger partial charge in [0.05, 0.1) is 5.02 Å². The highest BCUT2D eigenvalue weighted by molar-refractivity contribution is 6.42. The lowest BCUT2D eigenvalue weighted by atomic mass is 10.2. The fraction of sp³-hybridized carbons (Fsp3) is 0.368. The predicted molar refractivity (Wildman–Crippen MR) is 101 cm³/mol. The van der Waals surface area contributed by atoms with Crippen LogP contribution >= 0.6 is 23.2 Å². The number of hydrogen-bond donors (Lipinski definition) is 0. The van der Waals surface area contributed by atoms with Crippen LogP contribution in [0.25, 0.3) is 0 Å². The lowest BCUT2D eigenvalue weighted by molar-refractivity contribution is 0.222. The van der Waals surface area contributed by atoms with Gasteiger partial charge in [0.2, 0.25) is 0 Å². The molecule has 2 rings (SSSR count). The van der Waals surface area contributed by atoms with Gasteiger partial charge in [-0.2, -0.15) is 0 Å². The summed E-state index contributed by atoms with van der Waals surface area (Å²) in [7, 11) is 0. The maximum Gasteiger partial charge on any atom is 0.139 e. The summed E-state index contributed by atoms with van der Waals surface area (Å²) in [4.78, 5) is 2.33. The van der Waals surface area contributed by atoms with Crippen molar-refractivity contribution in [2.75, 3.05) is 26.2 Å². The van der Waals surface area contributed by atoms with Crippen LogP contribution in [0.3, 0.4) is 0 Å². The van der Waals surface area contributed by atoms with Crippen molar-refractivity contribution in [3.63, 3.8) is 0 Å². The molecule has 5 heteroatoms. The van der Waals surface area contributed by atoms with Gasteiger partial charge in [0.1, 0.15) is 29.7 Å². The first-order chi connectivity index (χ1) is 11.6. The van der Waals surface area contributed by atoms with Crippen molar-refractivity contribution >= 4 is 23.2 Å². The third kappa shape index (κ3) is 5.59. The van der Waals surface area contributed by atoms with Gasteiger partial charge in [-0.3, -0.25) is 0 Å². The van der Waals surface area contributed by atoms with E-state index in [1.807, 2.05) is 30.3 Å². The molecule has 130 valence electrons. The van der Waals surface area contributed by atoms with Crippen molar-refractivity contribution in [3.8, 4) is 11.5 Å². The predicted octanol–water partition coefficient (Wildman–Crippen LogP) is 5.29. The van der Waals surface area contributed by atoms with Gasteiger partial charge in [0.15, 0.2) is 0 Å². The van der Waals surface area contributed by atoms with Crippen molar-refractivity contribution in [3.05, 3.63) is 58.1 Å². The van der Waals surface area contributed by atoms with Crippen LogP contribution in [-0.4, -0.2) is 31.1 Å². The van der Waals surface area contributed by atoms with Crippen molar-refractivity contribution in [1.82, 2.24) is 4.90 Å². The molecule has 0 saturated heterocycles. The Kier molecular flexibility index (Phi) is 7.70. The van der Waals surface area contributed by atoms with Crippen molar-refractivity contribution < 1.29 is 9.47 Å². The molecule has 0 radical (unpaired) electrons. The summed E-state index contributed by atoms with van der Waals surface area (Å²) < 4.78 is 11.5. The molecule has 3 nitrogen and oxygen atoms in total. The van der Waals surface area contributed by atoms with Crippen LogP contribution in [0.2, 0.25) is 10.0 Å². The average molecular weight is 368 g/mol. The molecule has 0 heterocycles. The number of rotatable bonds is 9. The molecule has 24 heavy (non-hydrogen) atoms. The van der Waals surface area contributed by atoms with Crippen molar-refractivity contribution in [2.24, 2.45) is 0 Å². The molecule has 0 atom stereocenters. The van der Waals surface area contributed by atoms with Gasteiger partial charge >= 0.3 is 0 Å². The molecule has 0 amide bonds. The molecule has 0 N–H and O–H groups in total. The summed E-state index contributed by atoms with van der Waals surface area (Å²) in [5, 5.41) is 0.932. The second-order valence-corrected chi connectivity index (χ2v) is 6.15. The van der Waals surface area contributed by atoms with Crippen molar-refractivity contribution in [1.29, 1.82) is 0 Å². The number of likely N-dealkylation sites (N-methyl/N-ethyl adjacent to an activating group) is 1. The zero-order valence-corrected chi connectivity index (χ0v) is 15.6. The first-order valence-corrected chi connectivity index (χ1v) is 8.90. The SMILES string of the molecule is CCN(CC)CCOc1ccc(COc2cccc(Cl)c2Cl)cc1. The molecule has 0 fully saturated rings. The summed E-state index contributed by atoms with van der Waals surface area (Å²) >= 11 is 12.1. The van der Waals surface area contributed by atoms with E-state index in [1.54, 1.807) is 12.1 Å². The standard InChI is InChI=1S/C19H23Cl2NO2/c1-3-22(4-2)12-13-23-16-10-8-15(9-11-16)14-24-18-7-5-6-17(20)19(18)21/h5-11H,3-4,12-14H2,1-2H3. The number of benzene rings is 2. The van der Waals surface area contributed by atoms with Gasteiger partial charge in [0.25, 0.3) is 0 Å². The fourth-order valence-corrected chi connectivity index (χ4v) is 2.62. The van der Waals surface area contributed by atoms with E-state index in [2.05, 4.69) is 18.7 Å². The van der Waals surface area contributed by atoms with Crippen LogP contribution in [0.4, 0.5) is 0 Å². The Morgan fingerprint density at radius 3 is 2.29 bits per heavy atom. The van der Waals surface area contributed by atoms with E-state index >= 15 is 0 Å². The summed E-state index contributed by atoms with van der Waals surface area (Å²) in [5.74, 6) is 1.45.